The molecule has 0 bridgehead atoms. The Bertz CT molecular complexity index is 322. The fourth-order valence-electron chi connectivity index (χ4n) is 1.14. The molecular weight excluding hydrogens is 178 g/mol. The zero-order valence-electron chi connectivity index (χ0n) is 8.95. The Balaban J connectivity index is 2.82. The molecule has 0 saturated carbocycles. The van der Waals surface area contributed by atoms with Gasteiger partial charge in [0.2, 0.25) is 5.91 Å². The minimum atomic E-state index is -0.374. The van der Waals surface area contributed by atoms with Crippen molar-refractivity contribution in [1.29, 1.82) is 0 Å². The van der Waals surface area contributed by atoms with E-state index in [0.29, 0.717) is 13.0 Å². The Morgan fingerprint density at radius 1 is 1.57 bits per heavy atom. The van der Waals surface area contributed by atoms with Gasteiger partial charge in [0.05, 0.1) is 5.69 Å². The van der Waals surface area contributed by atoms with Gasteiger partial charge >= 0.3 is 0 Å². The first-order valence-electron chi connectivity index (χ1n) is 4.73. The highest BCUT2D eigenvalue weighted by atomic mass is 16.2. The maximum absolute atomic E-state index is 11.8. The summed E-state index contributed by atoms with van der Waals surface area (Å²) in [6, 6.07) is 0. The largest absolute Gasteiger partial charge is 0.330 e. The smallest absolute Gasteiger partial charge is 0.237 e. The third-order valence-electron chi connectivity index (χ3n) is 1.91. The quantitative estimate of drug-likeness (QED) is 0.767. The van der Waals surface area contributed by atoms with Gasteiger partial charge < -0.3 is 5.73 Å². The zero-order valence-corrected chi connectivity index (χ0v) is 8.95. The molecule has 2 N–H and O–H groups in total. The van der Waals surface area contributed by atoms with E-state index in [1.54, 1.807) is 12.5 Å². The zero-order chi connectivity index (χ0) is 10.8. The molecule has 0 aliphatic rings. The van der Waals surface area contributed by atoms with Crippen molar-refractivity contribution in [3.8, 4) is 0 Å². The highest BCUT2D eigenvalue weighted by Crippen LogP contribution is 2.16. The first-order chi connectivity index (χ1) is 6.45. The summed E-state index contributed by atoms with van der Waals surface area (Å²) in [5.74, 6) is 0.0493. The van der Waals surface area contributed by atoms with Crippen molar-refractivity contribution < 1.29 is 4.79 Å². The van der Waals surface area contributed by atoms with E-state index in [9.17, 15) is 4.79 Å². The summed E-state index contributed by atoms with van der Waals surface area (Å²) in [6.45, 7) is 6.22. The third kappa shape index (κ3) is 2.42. The molecule has 0 aliphatic carbocycles. The lowest BCUT2D eigenvalue weighted by Crippen LogP contribution is -2.25. The van der Waals surface area contributed by atoms with Gasteiger partial charge in [0.25, 0.3) is 0 Å². The first-order valence-corrected chi connectivity index (χ1v) is 4.73. The van der Waals surface area contributed by atoms with Crippen LogP contribution in [0.25, 0.3) is 0 Å². The lowest BCUT2D eigenvalue weighted by Gasteiger charge is -2.15. The molecule has 0 fully saturated rings. The minimum Gasteiger partial charge on any atom is -0.330 e. The third-order valence-corrected chi connectivity index (χ3v) is 1.91. The summed E-state index contributed by atoms with van der Waals surface area (Å²) in [6.07, 6.45) is 4.02. The number of carbonyl (C=O) groups is 1. The van der Waals surface area contributed by atoms with E-state index in [2.05, 4.69) is 4.98 Å². The predicted molar refractivity (Wildman–Crippen MR) is 55.1 cm³/mol. The lowest BCUT2D eigenvalue weighted by molar-refractivity contribution is 0.0766. The van der Waals surface area contributed by atoms with Gasteiger partial charge in [-0.1, -0.05) is 20.8 Å². The molecule has 0 amide bonds. The molecule has 0 saturated heterocycles. The van der Waals surface area contributed by atoms with Crippen LogP contribution in [0.4, 0.5) is 0 Å². The van der Waals surface area contributed by atoms with Crippen molar-refractivity contribution in [2.45, 2.75) is 27.2 Å². The predicted octanol–water partition coefficient (Wildman–Crippen LogP) is 1.07. The summed E-state index contributed by atoms with van der Waals surface area (Å²) in [7, 11) is 0. The summed E-state index contributed by atoms with van der Waals surface area (Å²) in [5.41, 5.74) is 5.89. The number of carbonyl (C=O) groups excluding carboxylic acids is 1. The molecule has 0 atom stereocenters. The molecule has 0 radical (unpaired) electrons. The molecule has 4 heteroatoms. The standard InChI is InChI=1S/C10H17N3O/c1-10(2,3)9(14)13-6-8(4-5-11)12-7-13/h6-7H,4-5,11H2,1-3H3. The van der Waals surface area contributed by atoms with Gasteiger partial charge in [0.1, 0.15) is 6.33 Å². The second kappa shape index (κ2) is 3.92. The molecule has 1 aromatic heterocycles. The number of hydrogen-bond donors (Lipinski definition) is 1. The van der Waals surface area contributed by atoms with Crippen LogP contribution in [-0.2, 0) is 6.42 Å². The van der Waals surface area contributed by atoms with Gasteiger partial charge in [0, 0.05) is 18.0 Å². The monoisotopic (exact) mass is 195 g/mol. The highest BCUT2D eigenvalue weighted by Gasteiger charge is 2.22. The van der Waals surface area contributed by atoms with Crippen LogP contribution in [0.15, 0.2) is 12.5 Å². The number of nitrogens with two attached hydrogens (primary N) is 1. The van der Waals surface area contributed by atoms with E-state index in [1.165, 1.54) is 4.57 Å². The molecule has 78 valence electrons. The van der Waals surface area contributed by atoms with E-state index < -0.39 is 0 Å². The van der Waals surface area contributed by atoms with Crippen molar-refractivity contribution in [3.63, 3.8) is 0 Å². The van der Waals surface area contributed by atoms with Gasteiger partial charge in [-0.2, -0.15) is 0 Å². The second-order valence-corrected chi connectivity index (χ2v) is 4.37. The SMILES string of the molecule is CC(C)(C)C(=O)n1cnc(CCN)c1. The fraction of sp³-hybridized carbons (Fsp3) is 0.600. The number of hydrogen-bond acceptors (Lipinski definition) is 3. The Hall–Kier alpha value is -1.16. The van der Waals surface area contributed by atoms with Crippen LogP contribution in [0, 0.1) is 5.41 Å². The molecule has 0 aromatic carbocycles. The van der Waals surface area contributed by atoms with Crippen molar-refractivity contribution in [2.75, 3.05) is 6.54 Å². The molecule has 1 aromatic rings. The van der Waals surface area contributed by atoms with E-state index >= 15 is 0 Å². The Kier molecular flexibility index (Phi) is 3.06. The van der Waals surface area contributed by atoms with Crippen LogP contribution in [0.2, 0.25) is 0 Å². The lowest BCUT2D eigenvalue weighted by atomic mass is 9.96. The Morgan fingerprint density at radius 2 is 2.21 bits per heavy atom. The van der Waals surface area contributed by atoms with Crippen LogP contribution in [0.1, 0.15) is 31.3 Å². The maximum Gasteiger partial charge on any atom is 0.237 e. The molecule has 0 unspecified atom stereocenters. The van der Waals surface area contributed by atoms with Crippen LogP contribution in [0.5, 0.6) is 0 Å². The van der Waals surface area contributed by atoms with Gasteiger partial charge in [-0.15, -0.1) is 0 Å². The Labute approximate surface area is 84.1 Å². The van der Waals surface area contributed by atoms with E-state index in [4.69, 9.17) is 5.73 Å². The van der Waals surface area contributed by atoms with E-state index in [-0.39, 0.29) is 11.3 Å². The second-order valence-electron chi connectivity index (χ2n) is 4.37. The minimum absolute atomic E-state index is 0.0493. The summed E-state index contributed by atoms with van der Waals surface area (Å²) < 4.78 is 1.53. The van der Waals surface area contributed by atoms with Crippen molar-refractivity contribution >= 4 is 5.91 Å². The van der Waals surface area contributed by atoms with E-state index in [0.717, 1.165) is 5.69 Å². The normalized spacial score (nSPS) is 11.7. The molecule has 1 rings (SSSR count). The van der Waals surface area contributed by atoms with Crippen LogP contribution >= 0.6 is 0 Å². The van der Waals surface area contributed by atoms with Crippen molar-refractivity contribution in [1.82, 2.24) is 9.55 Å². The first kappa shape index (κ1) is 10.9. The molecule has 0 aliphatic heterocycles. The summed E-state index contributed by atoms with van der Waals surface area (Å²) >= 11 is 0. The van der Waals surface area contributed by atoms with Crippen molar-refractivity contribution in [2.24, 2.45) is 11.1 Å². The van der Waals surface area contributed by atoms with Gasteiger partial charge in [-0.3, -0.25) is 9.36 Å². The summed E-state index contributed by atoms with van der Waals surface area (Å²) in [5, 5.41) is 0. The average molecular weight is 195 g/mol. The molecule has 1 heterocycles. The topological polar surface area (TPSA) is 60.9 Å². The van der Waals surface area contributed by atoms with Crippen LogP contribution < -0.4 is 5.73 Å². The van der Waals surface area contributed by atoms with Gasteiger partial charge in [0.15, 0.2) is 0 Å². The van der Waals surface area contributed by atoms with Crippen LogP contribution in [-0.4, -0.2) is 22.0 Å². The van der Waals surface area contributed by atoms with Gasteiger partial charge in [-0.05, 0) is 6.54 Å². The number of rotatable bonds is 2. The Morgan fingerprint density at radius 3 is 2.71 bits per heavy atom. The molecule has 0 spiro atoms. The average Bonchev–Trinajstić information content (AvgIpc) is 2.50. The van der Waals surface area contributed by atoms with Crippen LogP contribution in [0.3, 0.4) is 0 Å². The molecule has 14 heavy (non-hydrogen) atoms. The molecule has 4 nitrogen and oxygen atoms in total. The number of aromatic nitrogens is 2. The van der Waals surface area contributed by atoms with Crippen molar-refractivity contribution in [3.05, 3.63) is 18.2 Å². The summed E-state index contributed by atoms with van der Waals surface area (Å²) in [4.78, 5) is 15.9. The highest BCUT2D eigenvalue weighted by molar-refractivity contribution is 5.83. The van der Waals surface area contributed by atoms with Gasteiger partial charge in [-0.25, -0.2) is 4.98 Å². The molecular formula is C10H17N3O. The fourth-order valence-corrected chi connectivity index (χ4v) is 1.14. The van der Waals surface area contributed by atoms with E-state index in [1.807, 2.05) is 20.8 Å². The number of imidazole rings is 1. The maximum atomic E-state index is 11.8. The number of nitrogens with zero attached hydrogens (tertiary/aromatic N) is 2.